The third-order valence-electron chi connectivity index (χ3n) is 15.4. The molecule has 6 unspecified atom stereocenters. The molecule has 1 rings (SSSR count). The number of carboxylic acids is 1. The molecular weight excluding hydrogens is 1020 g/mol. The van der Waals surface area contributed by atoms with E-state index in [2.05, 4.69) is 69.4 Å². The summed E-state index contributed by atoms with van der Waals surface area (Å²) in [5, 5.41) is 31.6. The van der Waals surface area contributed by atoms with Gasteiger partial charge in [-0.1, -0.05) is 268 Å². The lowest BCUT2D eigenvalue weighted by atomic mass is 9.98. The number of hydrogen-bond donors (Lipinski definition) is 3. The van der Waals surface area contributed by atoms with Crippen LogP contribution in [0.1, 0.15) is 316 Å². The summed E-state index contributed by atoms with van der Waals surface area (Å²) in [6.45, 7) is 5.92. The average Bonchev–Trinajstić information content (AvgIpc) is 3.53. The SMILES string of the molecule is CC/C=C\C/C=C\C/C=C\CCCCCCCC(=O)OC(COC(=O)CCCCCCCCCCC/C=C\CCCCCCCC)COC1OC(C(=O)O)C(O)C(O)C1OC(=O)CCCCCCCCCCCCCCCCCCC. The number of carboxylic acid groups (broad SMARTS) is 1. The van der Waals surface area contributed by atoms with Crippen LogP contribution in [0.2, 0.25) is 0 Å². The minimum atomic E-state index is -1.90. The first-order valence-electron chi connectivity index (χ1n) is 33.6. The number of ether oxygens (including phenoxy) is 5. The summed E-state index contributed by atoms with van der Waals surface area (Å²) in [5.74, 6) is -3.11. The molecule has 0 amide bonds. The van der Waals surface area contributed by atoms with E-state index in [1.54, 1.807) is 0 Å². The van der Waals surface area contributed by atoms with Gasteiger partial charge in [-0.3, -0.25) is 14.4 Å². The van der Waals surface area contributed by atoms with E-state index >= 15 is 0 Å². The first-order valence-corrected chi connectivity index (χ1v) is 33.6. The Hall–Kier alpha value is -3.32. The van der Waals surface area contributed by atoms with Crippen molar-refractivity contribution in [1.29, 1.82) is 0 Å². The number of carbonyl (C=O) groups is 4. The standard InChI is InChI=1S/C69H122O12/c1-4-7-10-13-16-19-22-25-28-30-31-33-35-37-40-43-46-49-52-55-61(70)77-58-60(79-62(71)56-53-50-47-44-41-38-34-27-24-21-18-15-12-9-6-3)59-78-69-67(65(74)64(73)66(81-69)68(75)76)80-63(72)57-54-51-48-45-42-39-36-32-29-26-23-20-17-14-11-8-5-2/h9,12,18,21,25,27-28,34,60,64-67,69,73-74H,4-8,10-11,13-17,19-20,22-24,26,29-33,35-59H2,1-3H3,(H,75,76)/b12-9-,21-18-,28-25-,34-27-. The van der Waals surface area contributed by atoms with Crippen LogP contribution in [0, 0.1) is 0 Å². The smallest absolute Gasteiger partial charge is 0.335 e. The molecule has 1 aliphatic rings. The Morgan fingerprint density at radius 2 is 0.778 bits per heavy atom. The molecule has 6 atom stereocenters. The van der Waals surface area contributed by atoms with Crippen LogP contribution < -0.4 is 0 Å². The molecule has 0 aromatic heterocycles. The average molecular weight is 1140 g/mol. The summed E-state index contributed by atoms with van der Waals surface area (Å²) in [6, 6.07) is 0. The summed E-state index contributed by atoms with van der Waals surface area (Å²) in [5.41, 5.74) is 0. The summed E-state index contributed by atoms with van der Waals surface area (Å²) >= 11 is 0. The Labute approximate surface area is 494 Å². The zero-order chi connectivity index (χ0) is 58.9. The zero-order valence-corrected chi connectivity index (χ0v) is 52.0. The molecular formula is C69H122O12. The molecule has 81 heavy (non-hydrogen) atoms. The maximum atomic E-state index is 13.2. The first-order chi connectivity index (χ1) is 39.6. The van der Waals surface area contributed by atoms with Crippen molar-refractivity contribution in [3.05, 3.63) is 48.6 Å². The highest BCUT2D eigenvalue weighted by Gasteiger charge is 2.50. The van der Waals surface area contributed by atoms with E-state index in [1.165, 1.54) is 161 Å². The number of carbonyl (C=O) groups excluding carboxylic acids is 3. The van der Waals surface area contributed by atoms with Gasteiger partial charge in [-0.25, -0.2) is 4.79 Å². The molecule has 1 aliphatic heterocycles. The highest BCUT2D eigenvalue weighted by molar-refractivity contribution is 5.74. The number of rotatable bonds is 58. The molecule has 0 aromatic rings. The number of esters is 3. The Kier molecular flexibility index (Phi) is 53.4. The Morgan fingerprint density at radius 1 is 0.420 bits per heavy atom. The van der Waals surface area contributed by atoms with Crippen LogP contribution in [0.4, 0.5) is 0 Å². The highest BCUT2D eigenvalue weighted by atomic mass is 16.7. The van der Waals surface area contributed by atoms with Gasteiger partial charge in [-0.05, 0) is 77.0 Å². The molecule has 0 saturated carbocycles. The van der Waals surface area contributed by atoms with Crippen molar-refractivity contribution < 1.29 is 58.2 Å². The molecule has 3 N–H and O–H groups in total. The lowest BCUT2D eigenvalue weighted by Gasteiger charge is -2.40. The van der Waals surface area contributed by atoms with E-state index in [9.17, 15) is 34.5 Å². The molecule has 1 heterocycles. The lowest BCUT2D eigenvalue weighted by molar-refractivity contribution is -0.301. The van der Waals surface area contributed by atoms with Crippen LogP contribution in [0.3, 0.4) is 0 Å². The van der Waals surface area contributed by atoms with Crippen molar-refractivity contribution >= 4 is 23.9 Å². The molecule has 0 bridgehead atoms. The highest BCUT2D eigenvalue weighted by Crippen LogP contribution is 2.27. The van der Waals surface area contributed by atoms with Gasteiger partial charge in [0.1, 0.15) is 18.8 Å². The van der Waals surface area contributed by atoms with Crippen molar-refractivity contribution in [3.63, 3.8) is 0 Å². The van der Waals surface area contributed by atoms with E-state index in [4.69, 9.17) is 23.7 Å². The summed E-state index contributed by atoms with van der Waals surface area (Å²) in [7, 11) is 0. The molecule has 12 heteroatoms. The Bertz CT molecular complexity index is 1590. The first kappa shape index (κ1) is 75.7. The van der Waals surface area contributed by atoms with Crippen LogP contribution in [-0.2, 0) is 42.9 Å². The van der Waals surface area contributed by atoms with Crippen molar-refractivity contribution in [2.24, 2.45) is 0 Å². The fourth-order valence-corrected chi connectivity index (χ4v) is 10.3. The number of aliphatic carboxylic acids is 1. The monoisotopic (exact) mass is 1140 g/mol. The zero-order valence-electron chi connectivity index (χ0n) is 52.0. The molecule has 0 aliphatic carbocycles. The van der Waals surface area contributed by atoms with Gasteiger partial charge in [-0.2, -0.15) is 0 Å². The van der Waals surface area contributed by atoms with Crippen LogP contribution in [0.25, 0.3) is 0 Å². The van der Waals surface area contributed by atoms with Crippen molar-refractivity contribution in [2.45, 2.75) is 353 Å². The van der Waals surface area contributed by atoms with Crippen LogP contribution in [0.15, 0.2) is 48.6 Å². The van der Waals surface area contributed by atoms with Gasteiger partial charge < -0.3 is 39.0 Å². The Balaban J connectivity index is 2.63. The largest absolute Gasteiger partial charge is 0.479 e. The topological polar surface area (TPSA) is 175 Å². The molecule has 0 radical (unpaired) electrons. The molecule has 0 spiro atoms. The Morgan fingerprint density at radius 3 is 1.20 bits per heavy atom. The number of aliphatic hydroxyl groups is 2. The lowest BCUT2D eigenvalue weighted by Crippen LogP contribution is -2.61. The molecule has 0 aromatic carbocycles. The van der Waals surface area contributed by atoms with Crippen LogP contribution in [0.5, 0.6) is 0 Å². The van der Waals surface area contributed by atoms with Gasteiger partial charge in [0.05, 0.1) is 6.61 Å². The molecule has 470 valence electrons. The van der Waals surface area contributed by atoms with E-state index < -0.39 is 67.3 Å². The third-order valence-corrected chi connectivity index (χ3v) is 15.4. The molecule has 1 saturated heterocycles. The summed E-state index contributed by atoms with van der Waals surface area (Å²) in [4.78, 5) is 51.4. The second-order valence-corrected chi connectivity index (χ2v) is 23.1. The summed E-state index contributed by atoms with van der Waals surface area (Å²) in [6.07, 6.45) is 57.8. The number of hydrogen-bond acceptors (Lipinski definition) is 11. The van der Waals surface area contributed by atoms with Gasteiger partial charge >= 0.3 is 23.9 Å². The third kappa shape index (κ3) is 46.7. The van der Waals surface area contributed by atoms with Gasteiger partial charge in [-0.15, -0.1) is 0 Å². The second kappa shape index (κ2) is 57.1. The predicted molar refractivity (Wildman–Crippen MR) is 331 cm³/mol. The number of unbranched alkanes of at least 4 members (excludes halogenated alkanes) is 36. The number of allylic oxidation sites excluding steroid dienone is 8. The fourth-order valence-electron chi connectivity index (χ4n) is 10.3. The number of aliphatic hydroxyl groups excluding tert-OH is 2. The van der Waals surface area contributed by atoms with Crippen molar-refractivity contribution in [3.8, 4) is 0 Å². The molecule has 12 nitrogen and oxygen atoms in total. The van der Waals surface area contributed by atoms with Gasteiger partial charge in [0.15, 0.2) is 24.6 Å². The summed E-state index contributed by atoms with van der Waals surface area (Å²) < 4.78 is 28.6. The fraction of sp³-hybridized carbons (Fsp3) is 0.826. The van der Waals surface area contributed by atoms with Crippen molar-refractivity contribution in [2.75, 3.05) is 13.2 Å². The van der Waals surface area contributed by atoms with Crippen molar-refractivity contribution in [1.82, 2.24) is 0 Å². The predicted octanol–water partition coefficient (Wildman–Crippen LogP) is 18.1. The van der Waals surface area contributed by atoms with Gasteiger partial charge in [0.2, 0.25) is 0 Å². The minimum Gasteiger partial charge on any atom is -0.479 e. The van der Waals surface area contributed by atoms with Crippen LogP contribution in [-0.4, -0.2) is 89.2 Å². The van der Waals surface area contributed by atoms with E-state index in [0.29, 0.717) is 19.3 Å². The minimum absolute atomic E-state index is 0.0629. The van der Waals surface area contributed by atoms with E-state index in [0.717, 1.165) is 96.3 Å². The van der Waals surface area contributed by atoms with E-state index in [1.807, 2.05) is 0 Å². The maximum Gasteiger partial charge on any atom is 0.335 e. The normalized spacial score (nSPS) is 18.0. The quantitative estimate of drug-likeness (QED) is 0.0228. The maximum absolute atomic E-state index is 13.2. The van der Waals surface area contributed by atoms with Gasteiger partial charge in [0, 0.05) is 19.3 Å². The van der Waals surface area contributed by atoms with E-state index in [-0.39, 0.29) is 25.9 Å². The molecule has 1 fully saturated rings. The van der Waals surface area contributed by atoms with Gasteiger partial charge in [0.25, 0.3) is 0 Å². The second-order valence-electron chi connectivity index (χ2n) is 23.1. The van der Waals surface area contributed by atoms with Crippen LogP contribution >= 0.6 is 0 Å².